The molecule has 16 heavy (non-hydrogen) atoms. The zero-order valence-corrected chi connectivity index (χ0v) is 10.2. The van der Waals surface area contributed by atoms with Gasteiger partial charge >= 0.3 is 5.97 Å². The van der Waals surface area contributed by atoms with Crippen LogP contribution in [0.5, 0.6) is 5.75 Å². The first kappa shape index (κ1) is 12.6. The van der Waals surface area contributed by atoms with E-state index in [0.717, 1.165) is 0 Å². The number of hydrogen-bond donors (Lipinski definition) is 1. The molecule has 1 atom stereocenters. The van der Waals surface area contributed by atoms with Gasteiger partial charge in [-0.05, 0) is 30.0 Å². The van der Waals surface area contributed by atoms with Crippen LogP contribution in [0, 0.1) is 0 Å². The Labute approximate surface area is 96.1 Å². The quantitative estimate of drug-likeness (QED) is 0.855. The second kappa shape index (κ2) is 4.56. The zero-order valence-electron chi connectivity index (χ0n) is 10.2. The van der Waals surface area contributed by atoms with Crippen molar-refractivity contribution in [3.63, 3.8) is 0 Å². The van der Waals surface area contributed by atoms with Crippen molar-refractivity contribution in [1.82, 2.24) is 0 Å². The fraction of sp³-hybridized carbons (Fsp3) is 0.462. The average Bonchev–Trinajstić information content (AvgIpc) is 2.17. The third-order valence-corrected chi connectivity index (χ3v) is 2.38. The second-order valence-electron chi connectivity index (χ2n) is 4.87. The van der Waals surface area contributed by atoms with Crippen molar-refractivity contribution >= 4 is 5.97 Å². The number of aliphatic carboxylic acids is 1. The summed E-state index contributed by atoms with van der Waals surface area (Å²) < 4.78 is 5.24. The molecule has 0 aliphatic heterocycles. The normalized spacial score (nSPS) is 13.2. The molecule has 0 fully saturated rings. The summed E-state index contributed by atoms with van der Waals surface area (Å²) in [7, 11) is 0. The van der Waals surface area contributed by atoms with E-state index in [1.54, 1.807) is 12.1 Å². The van der Waals surface area contributed by atoms with Gasteiger partial charge in [0.05, 0.1) is 0 Å². The van der Waals surface area contributed by atoms with Gasteiger partial charge in [0.2, 0.25) is 0 Å². The number of carbonyl (C=O) groups is 1. The summed E-state index contributed by atoms with van der Waals surface area (Å²) in [6.07, 6.45) is -0.819. The number of carboxylic acid groups (broad SMARTS) is 1. The lowest BCUT2D eigenvalue weighted by Gasteiger charge is -2.19. The molecule has 3 nitrogen and oxygen atoms in total. The minimum absolute atomic E-state index is 0.0942. The van der Waals surface area contributed by atoms with Crippen LogP contribution in [0.25, 0.3) is 0 Å². The SMILES string of the molecule is CC(Oc1ccc(C(C)(C)C)cc1)C(=O)O. The van der Waals surface area contributed by atoms with Crippen LogP contribution in [0.4, 0.5) is 0 Å². The van der Waals surface area contributed by atoms with Gasteiger partial charge in [0, 0.05) is 0 Å². The summed E-state index contributed by atoms with van der Waals surface area (Å²) in [4.78, 5) is 10.6. The van der Waals surface area contributed by atoms with Crippen LogP contribution in [-0.2, 0) is 10.2 Å². The molecule has 0 radical (unpaired) electrons. The predicted octanol–water partition coefficient (Wildman–Crippen LogP) is 2.84. The van der Waals surface area contributed by atoms with Gasteiger partial charge in [0.15, 0.2) is 6.10 Å². The van der Waals surface area contributed by atoms with Gasteiger partial charge < -0.3 is 9.84 Å². The van der Waals surface area contributed by atoms with Gasteiger partial charge in [-0.15, -0.1) is 0 Å². The van der Waals surface area contributed by atoms with Gasteiger partial charge in [0.25, 0.3) is 0 Å². The number of ether oxygens (including phenoxy) is 1. The van der Waals surface area contributed by atoms with Crippen LogP contribution < -0.4 is 4.74 Å². The van der Waals surface area contributed by atoms with Gasteiger partial charge in [-0.3, -0.25) is 0 Å². The van der Waals surface area contributed by atoms with Crippen LogP contribution in [0.2, 0.25) is 0 Å². The molecule has 0 aliphatic rings. The number of carboxylic acids is 1. The van der Waals surface area contributed by atoms with Crippen molar-refractivity contribution in [3.05, 3.63) is 29.8 Å². The van der Waals surface area contributed by atoms with Crippen LogP contribution >= 0.6 is 0 Å². The van der Waals surface area contributed by atoms with Crippen LogP contribution in [0.15, 0.2) is 24.3 Å². The first-order chi connectivity index (χ1) is 7.30. The van der Waals surface area contributed by atoms with Gasteiger partial charge in [0.1, 0.15) is 5.75 Å². The Bertz CT molecular complexity index is 360. The minimum atomic E-state index is -0.958. The highest BCUT2D eigenvalue weighted by molar-refractivity contribution is 5.72. The molecule has 0 saturated heterocycles. The molecule has 1 aromatic rings. The molecule has 1 aromatic carbocycles. The third kappa shape index (κ3) is 3.26. The van der Waals surface area contributed by atoms with E-state index in [1.807, 2.05) is 12.1 Å². The fourth-order valence-electron chi connectivity index (χ4n) is 1.29. The maximum absolute atomic E-state index is 10.6. The Hall–Kier alpha value is -1.51. The van der Waals surface area contributed by atoms with E-state index >= 15 is 0 Å². The molecule has 0 amide bonds. The molecular formula is C13H18O3. The Balaban J connectivity index is 2.76. The summed E-state index contributed by atoms with van der Waals surface area (Å²) in [5.41, 5.74) is 1.29. The van der Waals surface area contributed by atoms with E-state index in [2.05, 4.69) is 20.8 Å². The third-order valence-electron chi connectivity index (χ3n) is 2.38. The Morgan fingerprint density at radius 2 is 1.75 bits per heavy atom. The highest BCUT2D eigenvalue weighted by Crippen LogP contribution is 2.24. The van der Waals surface area contributed by atoms with Crippen molar-refractivity contribution in [3.8, 4) is 5.75 Å². The average molecular weight is 222 g/mol. The van der Waals surface area contributed by atoms with E-state index in [4.69, 9.17) is 9.84 Å². The van der Waals surface area contributed by atoms with E-state index in [-0.39, 0.29) is 5.41 Å². The largest absolute Gasteiger partial charge is 0.479 e. The van der Waals surface area contributed by atoms with E-state index < -0.39 is 12.1 Å². The standard InChI is InChI=1S/C13H18O3/c1-9(12(14)15)16-11-7-5-10(6-8-11)13(2,3)4/h5-9H,1-4H3,(H,14,15). The van der Waals surface area contributed by atoms with Crippen LogP contribution in [0.1, 0.15) is 33.3 Å². The molecule has 88 valence electrons. The van der Waals surface area contributed by atoms with E-state index in [9.17, 15) is 4.79 Å². The van der Waals surface area contributed by atoms with E-state index in [1.165, 1.54) is 12.5 Å². The lowest BCUT2D eigenvalue weighted by atomic mass is 9.87. The highest BCUT2D eigenvalue weighted by atomic mass is 16.5. The second-order valence-corrected chi connectivity index (χ2v) is 4.87. The summed E-state index contributed by atoms with van der Waals surface area (Å²) in [6.45, 7) is 7.90. The van der Waals surface area contributed by atoms with E-state index in [0.29, 0.717) is 5.75 Å². The number of rotatable bonds is 3. The molecule has 0 bridgehead atoms. The summed E-state index contributed by atoms with van der Waals surface area (Å²) in [6, 6.07) is 7.54. The van der Waals surface area contributed by atoms with Crippen molar-refractivity contribution in [2.75, 3.05) is 0 Å². The molecule has 0 spiro atoms. The molecule has 0 aromatic heterocycles. The smallest absolute Gasteiger partial charge is 0.344 e. The Morgan fingerprint density at radius 3 is 2.12 bits per heavy atom. The number of benzene rings is 1. The molecule has 0 saturated carbocycles. The first-order valence-electron chi connectivity index (χ1n) is 5.30. The highest BCUT2D eigenvalue weighted by Gasteiger charge is 2.15. The minimum Gasteiger partial charge on any atom is -0.479 e. The van der Waals surface area contributed by atoms with Crippen molar-refractivity contribution in [1.29, 1.82) is 0 Å². The monoisotopic (exact) mass is 222 g/mol. The van der Waals surface area contributed by atoms with Gasteiger partial charge in [-0.2, -0.15) is 0 Å². The maximum Gasteiger partial charge on any atom is 0.344 e. The molecule has 0 aliphatic carbocycles. The molecule has 1 N–H and O–H groups in total. The van der Waals surface area contributed by atoms with Crippen molar-refractivity contribution in [2.24, 2.45) is 0 Å². The zero-order chi connectivity index (χ0) is 12.3. The van der Waals surface area contributed by atoms with Gasteiger partial charge in [-0.1, -0.05) is 32.9 Å². The summed E-state index contributed by atoms with van der Waals surface area (Å²) in [5.74, 6) is -0.372. The van der Waals surface area contributed by atoms with Crippen LogP contribution in [-0.4, -0.2) is 17.2 Å². The molecule has 1 rings (SSSR count). The molecular weight excluding hydrogens is 204 g/mol. The lowest BCUT2D eigenvalue weighted by Crippen LogP contribution is -2.22. The lowest BCUT2D eigenvalue weighted by molar-refractivity contribution is -0.144. The maximum atomic E-state index is 10.6. The van der Waals surface area contributed by atoms with Crippen molar-refractivity contribution < 1.29 is 14.6 Å². The van der Waals surface area contributed by atoms with Crippen LogP contribution in [0.3, 0.4) is 0 Å². The molecule has 3 heteroatoms. The first-order valence-corrected chi connectivity index (χ1v) is 5.30. The predicted molar refractivity (Wildman–Crippen MR) is 62.9 cm³/mol. The topological polar surface area (TPSA) is 46.5 Å². The molecule has 1 unspecified atom stereocenters. The van der Waals surface area contributed by atoms with Crippen molar-refractivity contribution in [2.45, 2.75) is 39.2 Å². The Kier molecular flexibility index (Phi) is 3.58. The number of hydrogen-bond acceptors (Lipinski definition) is 2. The summed E-state index contributed by atoms with van der Waals surface area (Å²) in [5, 5.41) is 8.70. The molecule has 0 heterocycles. The fourth-order valence-corrected chi connectivity index (χ4v) is 1.29. The Morgan fingerprint density at radius 1 is 1.25 bits per heavy atom. The summed E-state index contributed by atoms with van der Waals surface area (Å²) >= 11 is 0. The van der Waals surface area contributed by atoms with Gasteiger partial charge in [-0.25, -0.2) is 4.79 Å².